The van der Waals surface area contributed by atoms with E-state index in [2.05, 4.69) is 21.2 Å². The van der Waals surface area contributed by atoms with Crippen molar-refractivity contribution < 1.29 is 14.3 Å². The summed E-state index contributed by atoms with van der Waals surface area (Å²) in [6.07, 6.45) is 1.22. The molecule has 0 aliphatic carbocycles. The lowest BCUT2D eigenvalue weighted by atomic mass is 10.0. The standard InChI is InChI=1S/C29H33BrN2O3/c1-4-22(3)31-29(34)27(18-23-11-7-5-8-12-23)32(19-24-13-9-6-10-14-24)28(33)20-35-25-15-16-26(30)21(2)17-25/h5-17,22,27H,4,18-20H2,1-3H3,(H,31,34)/t22-,27-/m1/s1. The second-order valence-electron chi connectivity index (χ2n) is 8.73. The zero-order chi connectivity index (χ0) is 25.2. The number of nitrogens with one attached hydrogen (secondary N) is 1. The minimum Gasteiger partial charge on any atom is -0.484 e. The molecule has 0 heterocycles. The van der Waals surface area contributed by atoms with E-state index in [-0.39, 0.29) is 24.5 Å². The van der Waals surface area contributed by atoms with E-state index in [0.29, 0.717) is 18.7 Å². The summed E-state index contributed by atoms with van der Waals surface area (Å²) in [5.41, 5.74) is 2.97. The van der Waals surface area contributed by atoms with E-state index in [1.807, 2.05) is 99.6 Å². The van der Waals surface area contributed by atoms with Gasteiger partial charge in [0.2, 0.25) is 5.91 Å². The summed E-state index contributed by atoms with van der Waals surface area (Å²) in [5.74, 6) is 0.212. The van der Waals surface area contributed by atoms with Gasteiger partial charge in [0.05, 0.1) is 0 Å². The molecular formula is C29H33BrN2O3. The summed E-state index contributed by atoms with van der Waals surface area (Å²) in [4.78, 5) is 28.7. The van der Waals surface area contributed by atoms with Gasteiger partial charge >= 0.3 is 0 Å². The van der Waals surface area contributed by atoms with Crippen molar-refractivity contribution in [2.75, 3.05) is 6.61 Å². The summed E-state index contributed by atoms with van der Waals surface area (Å²) in [6, 6.07) is 24.5. The molecule has 3 aromatic rings. The summed E-state index contributed by atoms with van der Waals surface area (Å²) in [7, 11) is 0. The van der Waals surface area contributed by atoms with Gasteiger partial charge in [0.1, 0.15) is 11.8 Å². The van der Waals surface area contributed by atoms with Crippen LogP contribution in [0.25, 0.3) is 0 Å². The molecule has 0 saturated heterocycles. The predicted octanol–water partition coefficient (Wildman–Crippen LogP) is 5.69. The number of rotatable bonds is 11. The summed E-state index contributed by atoms with van der Waals surface area (Å²) in [6.45, 7) is 6.12. The first-order valence-corrected chi connectivity index (χ1v) is 12.7. The number of hydrogen-bond acceptors (Lipinski definition) is 3. The van der Waals surface area contributed by atoms with Crippen LogP contribution in [0.15, 0.2) is 83.3 Å². The molecule has 0 aromatic heterocycles. The lowest BCUT2D eigenvalue weighted by molar-refractivity contribution is -0.143. The molecule has 0 unspecified atom stereocenters. The highest BCUT2D eigenvalue weighted by Crippen LogP contribution is 2.22. The molecule has 35 heavy (non-hydrogen) atoms. The average molecular weight is 537 g/mol. The maximum Gasteiger partial charge on any atom is 0.261 e. The molecule has 0 radical (unpaired) electrons. The zero-order valence-corrected chi connectivity index (χ0v) is 22.1. The molecule has 1 N–H and O–H groups in total. The highest BCUT2D eigenvalue weighted by atomic mass is 79.9. The van der Waals surface area contributed by atoms with Gasteiger partial charge in [-0.25, -0.2) is 0 Å². The minimum absolute atomic E-state index is 0.0106. The van der Waals surface area contributed by atoms with Crippen molar-refractivity contribution in [1.82, 2.24) is 10.2 Å². The molecule has 2 amide bonds. The van der Waals surface area contributed by atoms with E-state index in [0.717, 1.165) is 27.6 Å². The van der Waals surface area contributed by atoms with Crippen molar-refractivity contribution in [3.63, 3.8) is 0 Å². The van der Waals surface area contributed by atoms with E-state index >= 15 is 0 Å². The van der Waals surface area contributed by atoms with Gasteiger partial charge in [-0.2, -0.15) is 0 Å². The Labute approximate surface area is 216 Å². The Kier molecular flexibility index (Phi) is 9.91. The van der Waals surface area contributed by atoms with Crippen molar-refractivity contribution in [3.8, 4) is 5.75 Å². The fourth-order valence-electron chi connectivity index (χ4n) is 3.71. The van der Waals surface area contributed by atoms with Gasteiger partial charge in [-0.1, -0.05) is 83.5 Å². The molecule has 5 nitrogen and oxygen atoms in total. The zero-order valence-electron chi connectivity index (χ0n) is 20.5. The average Bonchev–Trinajstić information content (AvgIpc) is 2.87. The molecular weight excluding hydrogens is 504 g/mol. The second kappa shape index (κ2) is 13.1. The number of aryl methyl sites for hydroxylation is 1. The Morgan fingerprint density at radius 1 is 0.971 bits per heavy atom. The first-order valence-electron chi connectivity index (χ1n) is 11.9. The Hall–Kier alpha value is -3.12. The maximum absolute atomic E-state index is 13.6. The normalized spacial score (nSPS) is 12.5. The first kappa shape index (κ1) is 26.5. The fourth-order valence-corrected chi connectivity index (χ4v) is 3.96. The second-order valence-corrected chi connectivity index (χ2v) is 9.58. The molecule has 0 aliphatic heterocycles. The Balaban J connectivity index is 1.89. The topological polar surface area (TPSA) is 58.6 Å². The highest BCUT2D eigenvalue weighted by molar-refractivity contribution is 9.10. The van der Waals surface area contributed by atoms with Crippen LogP contribution in [0, 0.1) is 6.92 Å². The van der Waals surface area contributed by atoms with Gasteiger partial charge in [0, 0.05) is 23.5 Å². The van der Waals surface area contributed by atoms with Crippen molar-refractivity contribution in [2.24, 2.45) is 0 Å². The molecule has 0 saturated carbocycles. The maximum atomic E-state index is 13.6. The van der Waals surface area contributed by atoms with Crippen LogP contribution in [-0.4, -0.2) is 35.4 Å². The van der Waals surface area contributed by atoms with Crippen LogP contribution in [0.1, 0.15) is 37.0 Å². The van der Waals surface area contributed by atoms with Crippen molar-refractivity contribution in [2.45, 2.75) is 52.2 Å². The molecule has 3 rings (SSSR count). The molecule has 0 aliphatic rings. The van der Waals surface area contributed by atoms with Gasteiger partial charge in [-0.05, 0) is 55.2 Å². The fraction of sp³-hybridized carbons (Fsp3) is 0.310. The van der Waals surface area contributed by atoms with Gasteiger partial charge in [0.15, 0.2) is 6.61 Å². The number of amides is 2. The molecule has 184 valence electrons. The SMILES string of the molecule is CC[C@@H](C)NC(=O)[C@@H](Cc1ccccc1)N(Cc1ccccc1)C(=O)COc1ccc(Br)c(C)c1. The van der Waals surface area contributed by atoms with Crippen LogP contribution in [-0.2, 0) is 22.6 Å². The molecule has 0 spiro atoms. The van der Waals surface area contributed by atoms with E-state index < -0.39 is 6.04 Å². The number of hydrogen-bond donors (Lipinski definition) is 1. The van der Waals surface area contributed by atoms with Crippen LogP contribution in [0.5, 0.6) is 5.75 Å². The predicted molar refractivity (Wildman–Crippen MR) is 143 cm³/mol. The third-order valence-electron chi connectivity index (χ3n) is 5.96. The van der Waals surface area contributed by atoms with E-state index in [1.54, 1.807) is 4.90 Å². The van der Waals surface area contributed by atoms with Gasteiger partial charge in [-0.3, -0.25) is 9.59 Å². The lowest BCUT2D eigenvalue weighted by Gasteiger charge is -2.32. The number of halogens is 1. The van der Waals surface area contributed by atoms with Crippen LogP contribution < -0.4 is 10.1 Å². The van der Waals surface area contributed by atoms with E-state index in [1.165, 1.54) is 0 Å². The Morgan fingerprint density at radius 2 is 1.60 bits per heavy atom. The molecule has 6 heteroatoms. The highest BCUT2D eigenvalue weighted by Gasteiger charge is 2.31. The first-order chi connectivity index (χ1) is 16.9. The summed E-state index contributed by atoms with van der Waals surface area (Å²) >= 11 is 3.49. The number of nitrogens with zero attached hydrogens (tertiary/aromatic N) is 1. The smallest absolute Gasteiger partial charge is 0.261 e. The van der Waals surface area contributed by atoms with Crippen LogP contribution >= 0.6 is 15.9 Å². The van der Waals surface area contributed by atoms with E-state index in [4.69, 9.17) is 4.74 Å². The largest absolute Gasteiger partial charge is 0.484 e. The third-order valence-corrected chi connectivity index (χ3v) is 6.85. The van der Waals surface area contributed by atoms with Gasteiger partial charge in [-0.15, -0.1) is 0 Å². The summed E-state index contributed by atoms with van der Waals surface area (Å²) < 4.78 is 6.84. The number of ether oxygens (including phenoxy) is 1. The quantitative estimate of drug-likeness (QED) is 0.342. The Morgan fingerprint density at radius 3 is 2.20 bits per heavy atom. The minimum atomic E-state index is -0.672. The van der Waals surface area contributed by atoms with Crippen molar-refractivity contribution >= 4 is 27.7 Å². The van der Waals surface area contributed by atoms with E-state index in [9.17, 15) is 9.59 Å². The molecule has 0 bridgehead atoms. The monoisotopic (exact) mass is 536 g/mol. The van der Waals surface area contributed by atoms with Crippen molar-refractivity contribution in [1.29, 1.82) is 0 Å². The molecule has 2 atom stereocenters. The van der Waals surface area contributed by atoms with Crippen LogP contribution in [0.4, 0.5) is 0 Å². The van der Waals surface area contributed by atoms with Crippen LogP contribution in [0.2, 0.25) is 0 Å². The van der Waals surface area contributed by atoms with Gasteiger partial charge in [0.25, 0.3) is 5.91 Å². The van der Waals surface area contributed by atoms with Crippen LogP contribution in [0.3, 0.4) is 0 Å². The molecule has 3 aromatic carbocycles. The number of carbonyl (C=O) groups excluding carboxylic acids is 2. The lowest BCUT2D eigenvalue weighted by Crippen LogP contribution is -2.53. The molecule has 0 fully saturated rings. The number of carbonyl (C=O) groups is 2. The number of benzene rings is 3. The van der Waals surface area contributed by atoms with Gasteiger partial charge < -0.3 is 15.0 Å². The Bertz CT molecular complexity index is 1110. The van der Waals surface area contributed by atoms with Crippen molar-refractivity contribution in [3.05, 3.63) is 100 Å². The summed E-state index contributed by atoms with van der Waals surface area (Å²) in [5, 5.41) is 3.08. The third kappa shape index (κ3) is 7.96.